The Bertz CT molecular complexity index is 1280. The van der Waals surface area contributed by atoms with Gasteiger partial charge in [-0.25, -0.2) is 4.98 Å². The molecule has 228 valence electrons. The molecule has 7 nitrogen and oxygen atoms in total. The summed E-state index contributed by atoms with van der Waals surface area (Å²) in [5.74, 6) is 0.596. The van der Waals surface area contributed by atoms with Gasteiger partial charge in [-0.05, 0) is 62.2 Å². The van der Waals surface area contributed by atoms with E-state index in [4.69, 9.17) is 9.47 Å². The Morgan fingerprint density at radius 2 is 1.60 bits per heavy atom. The monoisotopic (exact) mass is 597 g/mol. The highest BCUT2D eigenvalue weighted by molar-refractivity contribution is 5.34. The maximum Gasteiger partial charge on any atom is 0.416 e. The topological polar surface area (TPSA) is 55.7 Å². The number of ether oxygens (including phenoxy) is 2. The van der Waals surface area contributed by atoms with Crippen molar-refractivity contribution in [2.24, 2.45) is 0 Å². The lowest BCUT2D eigenvalue weighted by Gasteiger charge is -2.41. The average Bonchev–Trinajstić information content (AvgIpc) is 3.63. The normalized spacial score (nSPS) is 21.6. The smallest absolute Gasteiger partial charge is 0.349 e. The van der Waals surface area contributed by atoms with Crippen molar-refractivity contribution in [2.75, 3.05) is 32.8 Å². The van der Waals surface area contributed by atoms with Gasteiger partial charge in [-0.15, -0.1) is 0 Å². The van der Waals surface area contributed by atoms with Gasteiger partial charge in [0.15, 0.2) is 12.1 Å². The van der Waals surface area contributed by atoms with Crippen LogP contribution in [0.4, 0.5) is 26.3 Å². The van der Waals surface area contributed by atoms with Crippen molar-refractivity contribution in [3.05, 3.63) is 82.9 Å². The molecule has 0 aliphatic carbocycles. The van der Waals surface area contributed by atoms with Crippen LogP contribution in [0, 0.1) is 0 Å². The van der Waals surface area contributed by atoms with Crippen LogP contribution >= 0.6 is 0 Å². The first kappa shape index (κ1) is 30.5. The Morgan fingerprint density at radius 1 is 0.929 bits per heavy atom. The first-order valence-electron chi connectivity index (χ1n) is 13.9. The molecule has 2 aliphatic rings. The van der Waals surface area contributed by atoms with Crippen molar-refractivity contribution in [1.29, 1.82) is 0 Å². The largest absolute Gasteiger partial charge is 0.416 e. The van der Waals surface area contributed by atoms with Gasteiger partial charge in [0.05, 0.1) is 43.0 Å². The van der Waals surface area contributed by atoms with Crippen LogP contribution < -0.4 is 0 Å². The predicted molar refractivity (Wildman–Crippen MR) is 141 cm³/mol. The summed E-state index contributed by atoms with van der Waals surface area (Å²) >= 11 is 0. The summed E-state index contributed by atoms with van der Waals surface area (Å²) in [6.45, 7) is 6.31. The van der Waals surface area contributed by atoms with Gasteiger partial charge < -0.3 is 14.4 Å². The summed E-state index contributed by atoms with van der Waals surface area (Å²) in [4.78, 5) is 8.93. The molecule has 42 heavy (non-hydrogen) atoms. The quantitative estimate of drug-likeness (QED) is 0.279. The van der Waals surface area contributed by atoms with Crippen LogP contribution in [0.5, 0.6) is 0 Å². The van der Waals surface area contributed by atoms with E-state index in [1.54, 1.807) is 6.33 Å². The Hall–Kier alpha value is -3.00. The zero-order chi connectivity index (χ0) is 29.9. The third-order valence-electron chi connectivity index (χ3n) is 7.64. The lowest BCUT2D eigenvalue weighted by Crippen LogP contribution is -2.46. The maximum atomic E-state index is 13.5. The van der Waals surface area contributed by atoms with Crippen LogP contribution in [0.2, 0.25) is 0 Å². The Labute approximate surface area is 240 Å². The van der Waals surface area contributed by atoms with Crippen molar-refractivity contribution in [1.82, 2.24) is 24.6 Å². The van der Waals surface area contributed by atoms with E-state index in [2.05, 4.69) is 19.9 Å². The Kier molecular flexibility index (Phi) is 9.21. The molecule has 13 heteroatoms. The third-order valence-corrected chi connectivity index (χ3v) is 7.64. The fourth-order valence-corrected chi connectivity index (χ4v) is 5.44. The zero-order valence-electron chi connectivity index (χ0n) is 23.1. The number of aromatic nitrogens is 3. The predicted octanol–water partition coefficient (Wildman–Crippen LogP) is 6.09. The Balaban J connectivity index is 1.35. The number of benzene rings is 2. The van der Waals surface area contributed by atoms with Crippen molar-refractivity contribution in [3.8, 4) is 0 Å². The molecule has 0 amide bonds. The SMILES string of the molecule is C[C@@H](OC1OCCN(Cc2ncn(CCN3CCCC3)n2)C1c1ccccc1)c1cc(C(F)(F)F)cc(C(F)(F)F)c1. The molecular weight excluding hydrogens is 564 g/mol. The number of likely N-dealkylation sites (tertiary alicyclic amines) is 1. The highest BCUT2D eigenvalue weighted by Gasteiger charge is 2.39. The number of morpholine rings is 1. The summed E-state index contributed by atoms with van der Waals surface area (Å²) in [7, 11) is 0. The summed E-state index contributed by atoms with van der Waals surface area (Å²) in [5.41, 5.74) is -2.20. The fourth-order valence-electron chi connectivity index (χ4n) is 5.44. The molecule has 5 rings (SSSR count). The molecule has 0 radical (unpaired) electrons. The van der Waals surface area contributed by atoms with Gasteiger partial charge in [0.25, 0.3) is 0 Å². The Morgan fingerprint density at radius 3 is 2.24 bits per heavy atom. The van der Waals surface area contributed by atoms with E-state index >= 15 is 0 Å². The van der Waals surface area contributed by atoms with E-state index in [0.717, 1.165) is 31.7 Å². The first-order valence-corrected chi connectivity index (χ1v) is 13.9. The lowest BCUT2D eigenvalue weighted by atomic mass is 10.0. The van der Waals surface area contributed by atoms with Crippen LogP contribution in [0.25, 0.3) is 0 Å². The van der Waals surface area contributed by atoms with E-state index < -0.39 is 41.9 Å². The molecule has 0 N–H and O–H groups in total. The van der Waals surface area contributed by atoms with Crippen LogP contribution in [0.3, 0.4) is 0 Å². The number of rotatable bonds is 9. The standard InChI is InChI=1S/C29H33F6N5O2/c1-20(22-15-23(28(30,31)32)17-24(16-22)29(33,34)35)42-27-26(21-7-3-2-4-8-21)39(13-14-41-27)18-25-36-19-40(37-25)12-11-38-9-5-6-10-38/h2-4,7-8,15-17,19-20,26-27H,5-6,9-14,18H2,1H3/t20-,26?,27?/m1/s1. The molecule has 3 heterocycles. The van der Waals surface area contributed by atoms with Crippen LogP contribution in [-0.2, 0) is 34.9 Å². The maximum absolute atomic E-state index is 13.5. The minimum absolute atomic E-state index is 0.110. The van der Waals surface area contributed by atoms with Gasteiger partial charge in [-0.3, -0.25) is 9.58 Å². The summed E-state index contributed by atoms with van der Waals surface area (Å²) < 4.78 is 94.7. The molecule has 0 saturated carbocycles. The highest BCUT2D eigenvalue weighted by Crippen LogP contribution is 2.39. The van der Waals surface area contributed by atoms with Gasteiger partial charge in [-0.1, -0.05) is 30.3 Å². The molecule has 2 fully saturated rings. The van der Waals surface area contributed by atoms with E-state index in [9.17, 15) is 26.3 Å². The molecule has 2 saturated heterocycles. The molecule has 0 bridgehead atoms. The minimum atomic E-state index is -4.95. The van der Waals surface area contributed by atoms with Crippen LogP contribution in [0.1, 0.15) is 60.0 Å². The molecule has 3 aromatic rings. The van der Waals surface area contributed by atoms with Crippen molar-refractivity contribution in [2.45, 2.75) is 63.6 Å². The average molecular weight is 598 g/mol. The van der Waals surface area contributed by atoms with Gasteiger partial charge in [-0.2, -0.15) is 31.4 Å². The first-order chi connectivity index (χ1) is 20.0. The molecule has 1 aromatic heterocycles. The molecule has 3 atom stereocenters. The fraction of sp³-hybridized carbons (Fsp3) is 0.517. The number of hydrogen-bond donors (Lipinski definition) is 0. The summed E-state index contributed by atoms with van der Waals surface area (Å²) in [6.07, 6.45) is -7.90. The van der Waals surface area contributed by atoms with Gasteiger partial charge in [0, 0.05) is 13.1 Å². The number of halogens is 6. The molecular formula is C29H33F6N5O2. The van der Waals surface area contributed by atoms with Crippen LogP contribution in [0.15, 0.2) is 54.9 Å². The van der Waals surface area contributed by atoms with Crippen molar-refractivity contribution in [3.63, 3.8) is 0 Å². The molecule has 2 aromatic carbocycles. The van der Waals surface area contributed by atoms with Gasteiger partial charge in [0.1, 0.15) is 6.33 Å². The molecule has 2 unspecified atom stereocenters. The summed E-state index contributed by atoms with van der Waals surface area (Å²) in [6, 6.07) is 10.3. The van der Waals surface area contributed by atoms with Gasteiger partial charge >= 0.3 is 12.4 Å². The molecule has 2 aliphatic heterocycles. The van der Waals surface area contributed by atoms with Gasteiger partial charge in [0.2, 0.25) is 0 Å². The second-order valence-electron chi connectivity index (χ2n) is 10.7. The second kappa shape index (κ2) is 12.7. The van der Waals surface area contributed by atoms with E-state index in [1.807, 2.05) is 35.0 Å². The summed E-state index contributed by atoms with van der Waals surface area (Å²) in [5, 5.41) is 4.63. The number of hydrogen-bond acceptors (Lipinski definition) is 6. The van der Waals surface area contributed by atoms with Crippen molar-refractivity contribution >= 4 is 0 Å². The second-order valence-corrected chi connectivity index (χ2v) is 10.7. The highest BCUT2D eigenvalue weighted by atomic mass is 19.4. The van der Waals surface area contributed by atoms with E-state index in [1.165, 1.54) is 19.8 Å². The van der Waals surface area contributed by atoms with Crippen LogP contribution in [-0.4, -0.2) is 63.6 Å². The van der Waals surface area contributed by atoms with E-state index in [0.29, 0.717) is 31.0 Å². The zero-order valence-corrected chi connectivity index (χ0v) is 23.1. The number of nitrogens with zero attached hydrogens (tertiary/aromatic N) is 5. The van der Waals surface area contributed by atoms with E-state index in [-0.39, 0.29) is 18.2 Å². The number of alkyl halides is 6. The van der Waals surface area contributed by atoms with Crippen molar-refractivity contribution < 1.29 is 35.8 Å². The lowest BCUT2D eigenvalue weighted by molar-refractivity contribution is -0.231. The third kappa shape index (κ3) is 7.49. The molecule has 0 spiro atoms. The minimum Gasteiger partial charge on any atom is -0.349 e.